The Morgan fingerprint density at radius 3 is 2.24 bits per heavy atom. The van der Waals surface area contributed by atoms with Gasteiger partial charge in [-0.3, -0.25) is 9.59 Å². The number of H-pyrrole nitrogens is 1. The predicted molar refractivity (Wildman–Crippen MR) is 124 cm³/mol. The van der Waals surface area contributed by atoms with Crippen LogP contribution in [0.2, 0.25) is 0 Å². The van der Waals surface area contributed by atoms with E-state index >= 15 is 0 Å². The van der Waals surface area contributed by atoms with E-state index in [0.29, 0.717) is 34.5 Å². The van der Waals surface area contributed by atoms with E-state index in [1.54, 1.807) is 18.2 Å². The molecule has 0 bridgehead atoms. The van der Waals surface area contributed by atoms with Crippen LogP contribution in [0.3, 0.4) is 0 Å². The Morgan fingerprint density at radius 1 is 1.00 bits per heavy atom. The van der Waals surface area contributed by atoms with Gasteiger partial charge in [0.25, 0.3) is 5.91 Å². The van der Waals surface area contributed by atoms with E-state index in [-0.39, 0.29) is 18.8 Å². The second-order valence-corrected chi connectivity index (χ2v) is 9.27. The van der Waals surface area contributed by atoms with Gasteiger partial charge in [0, 0.05) is 13.0 Å². The number of carbonyl (C=O) groups is 2. The Labute approximate surface area is 213 Å². The standard InChI is InChI=1S/C18H19F3N6O3.C5H9F3/c1-2-11-16(27-30-26-11)17(29)23-9-14-24-12-4-3-10(7-13(12)25-14)8-22-15(28)5-6-18(19,20)21;1-4(2,3)5(6,7)8/h3-4,7H,2,5-6,8-9H2,1H3,(H,22,28)(H,23,29)(H,24,25);1-3H3. The Kier molecular flexibility index (Phi) is 9.87. The molecule has 3 N–H and O–H groups in total. The summed E-state index contributed by atoms with van der Waals surface area (Å²) in [7, 11) is 0. The van der Waals surface area contributed by atoms with Crippen molar-refractivity contribution in [1.82, 2.24) is 30.9 Å². The molecule has 2 heterocycles. The smallest absolute Gasteiger partial charge is 0.352 e. The molecule has 3 rings (SSSR count). The molecule has 9 nitrogen and oxygen atoms in total. The number of imidazole rings is 1. The number of nitrogens with one attached hydrogen (secondary N) is 3. The summed E-state index contributed by atoms with van der Waals surface area (Å²) in [6.07, 6.45) is -9.68. The third kappa shape index (κ3) is 9.34. The van der Waals surface area contributed by atoms with Crippen LogP contribution in [0.1, 0.15) is 68.1 Å². The summed E-state index contributed by atoms with van der Waals surface area (Å²) in [6, 6.07) is 5.16. The Balaban J connectivity index is 0.000000550. The van der Waals surface area contributed by atoms with E-state index in [0.717, 1.165) is 20.8 Å². The average Bonchev–Trinajstić information content (AvgIpc) is 3.44. The monoisotopic (exact) mass is 550 g/mol. The van der Waals surface area contributed by atoms with Crippen LogP contribution < -0.4 is 10.6 Å². The van der Waals surface area contributed by atoms with Gasteiger partial charge in [0.1, 0.15) is 11.5 Å². The Morgan fingerprint density at radius 2 is 1.66 bits per heavy atom. The lowest BCUT2D eigenvalue weighted by molar-refractivity contribution is -0.204. The molecule has 2 amide bonds. The van der Waals surface area contributed by atoms with Crippen LogP contribution in [0.25, 0.3) is 11.0 Å². The van der Waals surface area contributed by atoms with Gasteiger partial charge in [0.15, 0.2) is 5.69 Å². The molecule has 1 aromatic carbocycles. The Hall–Kier alpha value is -3.65. The number of carbonyl (C=O) groups excluding carboxylic acids is 2. The van der Waals surface area contributed by atoms with Crippen molar-refractivity contribution in [2.24, 2.45) is 5.41 Å². The quantitative estimate of drug-likeness (QED) is 0.339. The first kappa shape index (κ1) is 30.6. The van der Waals surface area contributed by atoms with Crippen molar-refractivity contribution in [2.45, 2.75) is 72.4 Å². The van der Waals surface area contributed by atoms with Gasteiger partial charge in [0.2, 0.25) is 5.91 Å². The van der Waals surface area contributed by atoms with E-state index in [9.17, 15) is 35.9 Å². The molecule has 0 unspecified atom stereocenters. The number of alkyl halides is 6. The molecular weight excluding hydrogens is 522 g/mol. The van der Waals surface area contributed by atoms with Crippen LogP contribution in [0.4, 0.5) is 26.3 Å². The fraction of sp³-hybridized carbons (Fsp3) is 0.522. The first-order valence-corrected chi connectivity index (χ1v) is 11.5. The lowest BCUT2D eigenvalue weighted by Crippen LogP contribution is -2.28. The molecule has 210 valence electrons. The van der Waals surface area contributed by atoms with E-state index in [1.807, 2.05) is 6.92 Å². The Bertz CT molecular complexity index is 1210. The van der Waals surface area contributed by atoms with Gasteiger partial charge in [-0.2, -0.15) is 26.3 Å². The van der Waals surface area contributed by atoms with E-state index < -0.39 is 42.4 Å². The molecule has 0 atom stereocenters. The molecule has 38 heavy (non-hydrogen) atoms. The summed E-state index contributed by atoms with van der Waals surface area (Å²) >= 11 is 0. The minimum atomic E-state index is -4.36. The fourth-order valence-corrected chi connectivity index (χ4v) is 2.71. The van der Waals surface area contributed by atoms with Gasteiger partial charge >= 0.3 is 12.4 Å². The molecular formula is C23H28F6N6O3. The predicted octanol–water partition coefficient (Wildman–Crippen LogP) is 4.99. The first-order valence-electron chi connectivity index (χ1n) is 11.5. The van der Waals surface area contributed by atoms with Crippen LogP contribution in [0.5, 0.6) is 0 Å². The summed E-state index contributed by atoms with van der Waals surface area (Å²) in [5.74, 6) is -0.607. The number of halogens is 6. The first-order chi connectivity index (χ1) is 17.5. The van der Waals surface area contributed by atoms with E-state index in [4.69, 9.17) is 0 Å². The van der Waals surface area contributed by atoms with Gasteiger partial charge in [-0.25, -0.2) is 9.61 Å². The molecule has 0 aliphatic rings. The lowest BCUT2D eigenvalue weighted by atomic mass is 9.96. The van der Waals surface area contributed by atoms with Crippen molar-refractivity contribution in [2.75, 3.05) is 0 Å². The minimum absolute atomic E-state index is 0.0939. The third-order valence-corrected chi connectivity index (χ3v) is 5.09. The van der Waals surface area contributed by atoms with Crippen LogP contribution in [0.15, 0.2) is 22.8 Å². The van der Waals surface area contributed by atoms with E-state index in [1.165, 1.54) is 0 Å². The second-order valence-electron chi connectivity index (χ2n) is 9.27. The highest BCUT2D eigenvalue weighted by atomic mass is 19.4. The van der Waals surface area contributed by atoms with Crippen LogP contribution >= 0.6 is 0 Å². The summed E-state index contributed by atoms with van der Waals surface area (Å²) in [6.45, 7) is 5.47. The molecule has 0 aliphatic carbocycles. The molecule has 0 fully saturated rings. The van der Waals surface area contributed by atoms with Gasteiger partial charge in [0.05, 0.1) is 29.4 Å². The number of rotatable bonds is 8. The summed E-state index contributed by atoms with van der Waals surface area (Å²) < 4.78 is 75.7. The summed E-state index contributed by atoms with van der Waals surface area (Å²) in [4.78, 5) is 31.1. The molecule has 0 saturated carbocycles. The van der Waals surface area contributed by atoms with Crippen LogP contribution in [-0.2, 0) is 24.3 Å². The number of fused-ring (bicyclic) bond motifs is 1. The molecule has 0 spiro atoms. The molecule has 15 heteroatoms. The lowest BCUT2D eigenvalue weighted by Gasteiger charge is -2.21. The number of nitrogens with zero attached hydrogens (tertiary/aromatic N) is 3. The topological polar surface area (TPSA) is 126 Å². The minimum Gasteiger partial charge on any atom is -0.352 e. The van der Waals surface area contributed by atoms with Crippen molar-refractivity contribution in [3.63, 3.8) is 0 Å². The van der Waals surface area contributed by atoms with Crippen molar-refractivity contribution in [1.29, 1.82) is 0 Å². The maximum Gasteiger partial charge on any atom is 0.393 e. The normalized spacial score (nSPS) is 12.2. The molecule has 3 aromatic rings. The van der Waals surface area contributed by atoms with Crippen molar-refractivity contribution in [3.05, 3.63) is 41.0 Å². The third-order valence-electron chi connectivity index (χ3n) is 5.09. The van der Waals surface area contributed by atoms with Gasteiger partial charge in [-0.1, -0.05) is 38.9 Å². The summed E-state index contributed by atoms with van der Waals surface area (Å²) in [5, 5.41) is 12.4. The highest BCUT2D eigenvalue weighted by molar-refractivity contribution is 5.93. The number of hydrogen-bond acceptors (Lipinski definition) is 6. The second kappa shape index (κ2) is 12.3. The fourth-order valence-electron chi connectivity index (χ4n) is 2.71. The van der Waals surface area contributed by atoms with Gasteiger partial charge in [-0.05, 0) is 29.3 Å². The molecule has 0 radical (unpaired) electrons. The van der Waals surface area contributed by atoms with Gasteiger partial charge in [-0.15, -0.1) is 0 Å². The number of benzene rings is 1. The maximum atomic E-state index is 12.2. The SMILES string of the molecule is CC(C)(C)C(F)(F)F.CCc1nonc1C(=O)NCc1nc2ccc(CNC(=O)CCC(F)(F)F)cc2[nH]1. The number of aromatic nitrogens is 4. The highest BCUT2D eigenvalue weighted by Crippen LogP contribution is 2.36. The maximum absolute atomic E-state index is 12.2. The van der Waals surface area contributed by atoms with Crippen LogP contribution in [0, 0.1) is 5.41 Å². The van der Waals surface area contributed by atoms with Crippen molar-refractivity contribution >= 4 is 22.8 Å². The highest BCUT2D eigenvalue weighted by Gasteiger charge is 2.42. The molecule has 0 saturated heterocycles. The summed E-state index contributed by atoms with van der Waals surface area (Å²) in [5.41, 5.74) is 1.02. The zero-order valence-corrected chi connectivity index (χ0v) is 21.1. The largest absolute Gasteiger partial charge is 0.393 e. The molecule has 2 aromatic heterocycles. The van der Waals surface area contributed by atoms with Crippen molar-refractivity contribution in [3.8, 4) is 0 Å². The van der Waals surface area contributed by atoms with Crippen LogP contribution in [-0.4, -0.2) is 44.4 Å². The average molecular weight is 551 g/mol. The molecule has 0 aliphatic heterocycles. The van der Waals surface area contributed by atoms with E-state index in [2.05, 4.69) is 35.5 Å². The number of amides is 2. The number of aromatic amines is 1. The van der Waals surface area contributed by atoms with Gasteiger partial charge < -0.3 is 15.6 Å². The number of hydrogen-bond donors (Lipinski definition) is 3. The zero-order valence-electron chi connectivity index (χ0n) is 21.1. The van der Waals surface area contributed by atoms with Crippen molar-refractivity contribution < 1.29 is 40.6 Å². The zero-order chi connectivity index (χ0) is 28.7. The number of aryl methyl sites for hydroxylation is 1.